The second-order valence-electron chi connectivity index (χ2n) is 1.76. The molecule has 0 N–H and O–H groups in total. The molecule has 6 heteroatoms. The highest BCUT2D eigenvalue weighted by Crippen LogP contribution is 2.23. The normalized spacial score (nSPS) is 9.42. The van der Waals surface area contributed by atoms with Gasteiger partial charge in [0.05, 0.1) is 12.0 Å². The number of esters is 1. The van der Waals surface area contributed by atoms with Crippen molar-refractivity contribution in [3.8, 4) is 0 Å². The maximum absolute atomic E-state index is 11.0. The molecule has 12 heavy (non-hydrogen) atoms. The number of methoxy groups -OCH3 is 1. The van der Waals surface area contributed by atoms with Crippen LogP contribution in [0.2, 0.25) is 0 Å². The fourth-order valence-corrected chi connectivity index (χ4v) is 2.94. The third-order valence-corrected chi connectivity index (χ3v) is 3.65. The van der Waals surface area contributed by atoms with Gasteiger partial charge in [0.15, 0.2) is 6.29 Å². The SMILES string of the molecule is COC(=O)c1sc(=S)sc1C=O. The number of carbonyl (C=O) groups excluding carboxylic acids is 2. The highest BCUT2D eigenvalue weighted by Gasteiger charge is 2.14. The van der Waals surface area contributed by atoms with Crippen molar-refractivity contribution in [2.24, 2.45) is 0 Å². The van der Waals surface area contributed by atoms with Crippen LogP contribution in [0.15, 0.2) is 0 Å². The van der Waals surface area contributed by atoms with Crippen molar-refractivity contribution in [1.29, 1.82) is 0 Å². The maximum Gasteiger partial charge on any atom is 0.349 e. The molecular weight excluding hydrogens is 216 g/mol. The van der Waals surface area contributed by atoms with Gasteiger partial charge in [0.1, 0.15) is 8.01 Å². The number of hydrogen-bond acceptors (Lipinski definition) is 6. The van der Waals surface area contributed by atoms with Crippen LogP contribution in [0.25, 0.3) is 0 Å². The summed E-state index contributed by atoms with van der Waals surface area (Å²) in [4.78, 5) is 22.1. The number of carbonyl (C=O) groups is 2. The molecule has 3 nitrogen and oxygen atoms in total. The van der Waals surface area contributed by atoms with E-state index in [-0.39, 0.29) is 0 Å². The Labute approximate surface area is 81.6 Å². The topological polar surface area (TPSA) is 43.4 Å². The van der Waals surface area contributed by atoms with Gasteiger partial charge in [-0.05, 0) is 0 Å². The van der Waals surface area contributed by atoms with E-state index in [9.17, 15) is 9.59 Å². The van der Waals surface area contributed by atoms with E-state index >= 15 is 0 Å². The van der Waals surface area contributed by atoms with Crippen molar-refractivity contribution in [2.75, 3.05) is 7.11 Å². The average Bonchev–Trinajstić information content (AvgIpc) is 2.45. The van der Waals surface area contributed by atoms with E-state index in [1.807, 2.05) is 0 Å². The van der Waals surface area contributed by atoms with Crippen molar-refractivity contribution in [2.45, 2.75) is 0 Å². The zero-order valence-corrected chi connectivity index (χ0v) is 8.48. The van der Waals surface area contributed by atoms with Crippen LogP contribution in [0, 0.1) is 3.14 Å². The Balaban J connectivity index is 3.21. The molecule has 0 atom stereocenters. The molecule has 1 rings (SSSR count). The van der Waals surface area contributed by atoms with E-state index in [0.717, 1.165) is 22.7 Å². The van der Waals surface area contributed by atoms with Gasteiger partial charge in [0.25, 0.3) is 0 Å². The number of rotatable bonds is 2. The van der Waals surface area contributed by atoms with E-state index in [4.69, 9.17) is 12.2 Å². The molecule has 0 saturated carbocycles. The van der Waals surface area contributed by atoms with Gasteiger partial charge in [0.2, 0.25) is 0 Å². The van der Waals surface area contributed by atoms with Crippen molar-refractivity contribution in [3.05, 3.63) is 12.9 Å². The first kappa shape index (κ1) is 9.50. The third-order valence-electron chi connectivity index (χ3n) is 1.08. The molecule has 1 aromatic rings. The third kappa shape index (κ3) is 1.77. The summed E-state index contributed by atoms with van der Waals surface area (Å²) < 4.78 is 5.02. The summed E-state index contributed by atoms with van der Waals surface area (Å²) in [7, 11) is 1.27. The van der Waals surface area contributed by atoms with E-state index in [0.29, 0.717) is 19.2 Å². The molecule has 0 aliphatic rings. The quantitative estimate of drug-likeness (QED) is 0.435. The van der Waals surface area contributed by atoms with Crippen molar-refractivity contribution < 1.29 is 14.3 Å². The minimum Gasteiger partial charge on any atom is -0.465 e. The molecule has 0 bridgehead atoms. The van der Waals surface area contributed by atoms with Crippen LogP contribution in [0.3, 0.4) is 0 Å². The minimum absolute atomic E-state index is 0.294. The predicted octanol–water partition coefficient (Wildman–Crippen LogP) is 2.14. The summed E-state index contributed by atoms with van der Waals surface area (Å²) >= 11 is 7.05. The second kappa shape index (κ2) is 3.88. The molecule has 0 unspecified atom stereocenters. The Bertz CT molecular complexity index is 362. The first-order chi connectivity index (χ1) is 5.69. The summed E-state index contributed by atoms with van der Waals surface area (Å²) in [6.07, 6.45) is 0.614. The Morgan fingerprint density at radius 1 is 1.58 bits per heavy atom. The first-order valence-electron chi connectivity index (χ1n) is 2.86. The molecular formula is C6H4O3S3. The van der Waals surface area contributed by atoms with E-state index in [1.54, 1.807) is 0 Å². The van der Waals surface area contributed by atoms with E-state index in [1.165, 1.54) is 7.11 Å². The predicted molar refractivity (Wildman–Crippen MR) is 49.8 cm³/mol. The lowest BCUT2D eigenvalue weighted by atomic mass is 10.4. The lowest BCUT2D eigenvalue weighted by Crippen LogP contribution is -2.00. The lowest BCUT2D eigenvalue weighted by Gasteiger charge is -1.92. The molecule has 0 amide bonds. The smallest absolute Gasteiger partial charge is 0.349 e. The van der Waals surface area contributed by atoms with Gasteiger partial charge >= 0.3 is 5.97 Å². The molecule has 64 valence electrons. The van der Waals surface area contributed by atoms with Gasteiger partial charge in [-0.25, -0.2) is 4.79 Å². The van der Waals surface area contributed by atoms with Gasteiger partial charge in [-0.15, -0.1) is 22.7 Å². The molecule has 1 heterocycles. The van der Waals surface area contributed by atoms with E-state index < -0.39 is 5.97 Å². The molecule has 0 aromatic carbocycles. The number of hydrogen-bond donors (Lipinski definition) is 0. The summed E-state index contributed by atoms with van der Waals surface area (Å²) in [5.41, 5.74) is 0. The van der Waals surface area contributed by atoms with Crippen LogP contribution in [0.4, 0.5) is 0 Å². The van der Waals surface area contributed by atoms with Crippen LogP contribution in [-0.4, -0.2) is 19.4 Å². The zero-order valence-electron chi connectivity index (χ0n) is 6.03. The fourth-order valence-electron chi connectivity index (χ4n) is 0.603. The second-order valence-corrected chi connectivity index (χ2v) is 5.01. The first-order valence-corrected chi connectivity index (χ1v) is 4.90. The van der Waals surface area contributed by atoms with Crippen LogP contribution in [0.1, 0.15) is 19.3 Å². The summed E-state index contributed by atoms with van der Waals surface area (Å²) in [6, 6.07) is 0. The summed E-state index contributed by atoms with van der Waals surface area (Å²) in [5.74, 6) is -0.505. The Hall–Kier alpha value is -0.590. The summed E-state index contributed by atoms with van der Waals surface area (Å²) in [5, 5.41) is 0. The van der Waals surface area contributed by atoms with Gasteiger partial charge in [-0.3, -0.25) is 4.79 Å². The van der Waals surface area contributed by atoms with Crippen molar-refractivity contribution >= 4 is 47.1 Å². The van der Waals surface area contributed by atoms with Gasteiger partial charge in [-0.1, -0.05) is 12.2 Å². The number of ether oxygens (including phenoxy) is 1. The largest absolute Gasteiger partial charge is 0.465 e. The number of aldehydes is 1. The molecule has 0 aliphatic carbocycles. The Morgan fingerprint density at radius 3 is 2.75 bits per heavy atom. The van der Waals surface area contributed by atoms with E-state index in [2.05, 4.69) is 4.74 Å². The van der Waals surface area contributed by atoms with Crippen LogP contribution in [0.5, 0.6) is 0 Å². The van der Waals surface area contributed by atoms with Crippen molar-refractivity contribution in [3.63, 3.8) is 0 Å². The molecule has 0 fully saturated rings. The fraction of sp³-hybridized carbons (Fsp3) is 0.167. The Kier molecular flexibility index (Phi) is 3.07. The highest BCUT2D eigenvalue weighted by atomic mass is 32.2. The van der Waals surface area contributed by atoms with Gasteiger partial charge in [-0.2, -0.15) is 0 Å². The zero-order chi connectivity index (χ0) is 9.14. The minimum atomic E-state index is -0.505. The average molecular weight is 220 g/mol. The van der Waals surface area contributed by atoms with Crippen LogP contribution in [-0.2, 0) is 4.74 Å². The maximum atomic E-state index is 11.0. The lowest BCUT2D eigenvalue weighted by molar-refractivity contribution is 0.0604. The van der Waals surface area contributed by atoms with Crippen LogP contribution >= 0.6 is 34.9 Å². The highest BCUT2D eigenvalue weighted by molar-refractivity contribution is 7.76. The molecule has 0 radical (unpaired) electrons. The Morgan fingerprint density at radius 2 is 2.25 bits per heavy atom. The molecule has 0 saturated heterocycles. The molecule has 0 aliphatic heterocycles. The molecule has 1 aromatic heterocycles. The monoisotopic (exact) mass is 220 g/mol. The van der Waals surface area contributed by atoms with Gasteiger partial charge < -0.3 is 4.74 Å². The summed E-state index contributed by atoms with van der Waals surface area (Å²) in [6.45, 7) is 0. The van der Waals surface area contributed by atoms with Crippen molar-refractivity contribution in [1.82, 2.24) is 0 Å². The molecule has 0 spiro atoms. The standard InChI is InChI=1S/C6H4O3S3/c1-9-5(8)4-3(2-7)11-6(10)12-4/h2H,1H3. The van der Waals surface area contributed by atoms with Gasteiger partial charge in [0, 0.05) is 0 Å². The van der Waals surface area contributed by atoms with Crippen LogP contribution < -0.4 is 0 Å².